The predicted octanol–water partition coefficient (Wildman–Crippen LogP) is 7.87. The molecule has 0 saturated heterocycles. The molecule has 7 aromatic rings. The molecule has 12 nitrogen and oxygen atoms in total. The first-order valence-corrected chi connectivity index (χ1v) is 15.0. The summed E-state index contributed by atoms with van der Waals surface area (Å²) in [7, 11) is 0. The minimum absolute atomic E-state index is 0.225. The highest BCUT2D eigenvalue weighted by molar-refractivity contribution is 6.07. The summed E-state index contributed by atoms with van der Waals surface area (Å²) in [6.45, 7) is 8.15. The van der Waals surface area contributed by atoms with E-state index in [1.54, 1.807) is 35.3 Å². The number of carbonyl (C=O) groups excluding carboxylic acids is 1. The molecular formula is C35H32N10O2. The van der Waals surface area contributed by atoms with Crippen molar-refractivity contribution >= 4 is 50.8 Å². The van der Waals surface area contributed by atoms with E-state index in [1.165, 1.54) is 0 Å². The monoisotopic (exact) mass is 624 g/mol. The topological polar surface area (TPSA) is 148 Å². The second-order valence-electron chi connectivity index (χ2n) is 12.1. The molecule has 0 bridgehead atoms. The van der Waals surface area contributed by atoms with Crippen LogP contribution in [0.5, 0.6) is 11.6 Å². The molecule has 0 aliphatic rings. The van der Waals surface area contributed by atoms with Gasteiger partial charge in [0.25, 0.3) is 0 Å². The van der Waals surface area contributed by atoms with Crippen molar-refractivity contribution in [3.05, 3.63) is 109 Å². The van der Waals surface area contributed by atoms with Gasteiger partial charge < -0.3 is 15.4 Å². The Kier molecular flexibility index (Phi) is 7.44. The van der Waals surface area contributed by atoms with Gasteiger partial charge in [-0.05, 0) is 49.4 Å². The normalized spacial score (nSPS) is 11.5. The molecule has 3 aromatic carbocycles. The molecule has 0 radical (unpaired) electrons. The number of rotatable bonds is 7. The summed E-state index contributed by atoms with van der Waals surface area (Å²) in [6, 6.07) is 24.1. The van der Waals surface area contributed by atoms with E-state index in [0.717, 1.165) is 44.4 Å². The van der Waals surface area contributed by atoms with Gasteiger partial charge in [-0.2, -0.15) is 15.2 Å². The molecule has 0 aliphatic carbocycles. The Labute approximate surface area is 270 Å². The van der Waals surface area contributed by atoms with Gasteiger partial charge in [0, 0.05) is 57.5 Å². The zero-order valence-electron chi connectivity index (χ0n) is 26.2. The summed E-state index contributed by atoms with van der Waals surface area (Å²) in [4.78, 5) is 26.7. The minimum Gasteiger partial charge on any atom is -0.438 e. The lowest BCUT2D eigenvalue weighted by molar-refractivity contribution is 0.262. The van der Waals surface area contributed by atoms with E-state index in [9.17, 15) is 4.79 Å². The molecule has 4 aromatic heterocycles. The number of benzene rings is 3. The molecule has 12 heteroatoms. The van der Waals surface area contributed by atoms with Crippen molar-refractivity contribution < 1.29 is 9.53 Å². The number of nitrogens with zero attached hydrogens (tertiary/aromatic N) is 6. The molecule has 0 saturated carbocycles. The van der Waals surface area contributed by atoms with Crippen LogP contribution >= 0.6 is 0 Å². The van der Waals surface area contributed by atoms with E-state index < -0.39 is 6.03 Å². The van der Waals surface area contributed by atoms with Gasteiger partial charge in [-0.3, -0.25) is 15.4 Å². The van der Waals surface area contributed by atoms with Gasteiger partial charge in [0.2, 0.25) is 11.8 Å². The van der Waals surface area contributed by atoms with Gasteiger partial charge in [-0.25, -0.2) is 14.5 Å². The van der Waals surface area contributed by atoms with Crippen LogP contribution < -0.4 is 20.7 Å². The van der Waals surface area contributed by atoms with Crippen LogP contribution in [-0.4, -0.2) is 41.0 Å². The van der Waals surface area contributed by atoms with Crippen LogP contribution in [0.4, 0.5) is 27.9 Å². The maximum atomic E-state index is 13.4. The van der Waals surface area contributed by atoms with Crippen molar-refractivity contribution in [1.82, 2.24) is 34.9 Å². The SMILES string of the molecule is Cc1ccc(-n2nc(C(C)(C)C)cc2NC(=O)Nc2ccc(Oc3ccnc(Nc4ccc5n[nH]cc5c4)n3)c3ccccc23)cn1. The number of aryl methyl sites for hydroxylation is 1. The van der Waals surface area contributed by atoms with Gasteiger partial charge >= 0.3 is 6.03 Å². The van der Waals surface area contributed by atoms with Crippen molar-refractivity contribution in [3.8, 4) is 17.3 Å². The van der Waals surface area contributed by atoms with Gasteiger partial charge in [-0.15, -0.1) is 0 Å². The standard InChI is InChI=1S/C35H32N10O2/c1-21-9-11-24(20-37-21)45-31(18-30(44-45)35(2,3)4)41-34(46)40-28-13-14-29(26-8-6-5-7-25(26)28)47-32-15-16-36-33(42-32)39-23-10-12-27-22(17-23)19-38-43-27/h5-20H,1-4H3,(H,38,43)(H,36,39,42)(H2,40,41,46). The molecule has 0 aliphatic heterocycles. The number of fused-ring (bicyclic) bond motifs is 2. The summed E-state index contributed by atoms with van der Waals surface area (Å²) in [6.07, 6.45) is 5.20. The highest BCUT2D eigenvalue weighted by Gasteiger charge is 2.22. The lowest BCUT2D eigenvalue weighted by atomic mass is 9.92. The van der Waals surface area contributed by atoms with Crippen LogP contribution in [0.25, 0.3) is 27.4 Å². The second kappa shape index (κ2) is 11.9. The van der Waals surface area contributed by atoms with Crippen LogP contribution in [-0.2, 0) is 5.41 Å². The van der Waals surface area contributed by atoms with E-state index in [-0.39, 0.29) is 5.41 Å². The lowest BCUT2D eigenvalue weighted by Crippen LogP contribution is -2.21. The van der Waals surface area contributed by atoms with E-state index in [1.807, 2.05) is 73.8 Å². The summed E-state index contributed by atoms with van der Waals surface area (Å²) < 4.78 is 7.94. The third kappa shape index (κ3) is 6.29. The number of nitrogens with one attached hydrogen (secondary N) is 4. The van der Waals surface area contributed by atoms with Crippen molar-refractivity contribution in [2.45, 2.75) is 33.1 Å². The number of ether oxygens (including phenoxy) is 1. The smallest absolute Gasteiger partial charge is 0.324 e. The zero-order chi connectivity index (χ0) is 32.5. The number of aromatic amines is 1. The lowest BCUT2D eigenvalue weighted by Gasteiger charge is -2.14. The molecule has 4 N–H and O–H groups in total. The fourth-order valence-electron chi connectivity index (χ4n) is 5.08. The molecule has 0 fully saturated rings. The average Bonchev–Trinajstić information content (AvgIpc) is 3.70. The Morgan fingerprint density at radius 2 is 1.77 bits per heavy atom. The maximum Gasteiger partial charge on any atom is 0.324 e. The fraction of sp³-hybridized carbons (Fsp3) is 0.143. The summed E-state index contributed by atoms with van der Waals surface area (Å²) >= 11 is 0. The summed E-state index contributed by atoms with van der Waals surface area (Å²) in [5.41, 5.74) is 4.56. The first-order chi connectivity index (χ1) is 22.7. The zero-order valence-corrected chi connectivity index (χ0v) is 26.2. The van der Waals surface area contributed by atoms with Crippen molar-refractivity contribution in [3.63, 3.8) is 0 Å². The highest BCUT2D eigenvalue weighted by atomic mass is 16.5. The Morgan fingerprint density at radius 1 is 0.915 bits per heavy atom. The van der Waals surface area contributed by atoms with Gasteiger partial charge in [-0.1, -0.05) is 45.0 Å². The average molecular weight is 625 g/mol. The fourth-order valence-corrected chi connectivity index (χ4v) is 5.08. The molecule has 0 atom stereocenters. The number of amides is 2. The Hall–Kier alpha value is -6.30. The Balaban J connectivity index is 1.11. The predicted molar refractivity (Wildman–Crippen MR) is 183 cm³/mol. The van der Waals surface area contributed by atoms with Crippen molar-refractivity contribution in [2.24, 2.45) is 0 Å². The Morgan fingerprint density at radius 3 is 2.57 bits per heavy atom. The molecule has 2 amide bonds. The third-order valence-electron chi connectivity index (χ3n) is 7.53. The number of carbonyl (C=O) groups is 1. The molecule has 0 unspecified atom stereocenters. The van der Waals surface area contributed by atoms with Gasteiger partial charge in [0.1, 0.15) is 11.6 Å². The molecular weight excluding hydrogens is 592 g/mol. The first kappa shape index (κ1) is 29.4. The van der Waals surface area contributed by atoms with Gasteiger partial charge in [0.05, 0.1) is 28.8 Å². The third-order valence-corrected chi connectivity index (χ3v) is 7.53. The molecule has 0 spiro atoms. The molecule has 7 rings (SSSR count). The van der Waals surface area contributed by atoms with Crippen LogP contribution in [0.15, 0.2) is 97.5 Å². The van der Waals surface area contributed by atoms with Crippen molar-refractivity contribution in [2.75, 3.05) is 16.0 Å². The van der Waals surface area contributed by atoms with Crippen LogP contribution in [0, 0.1) is 6.92 Å². The van der Waals surface area contributed by atoms with Gasteiger partial charge in [0.15, 0.2) is 0 Å². The van der Waals surface area contributed by atoms with E-state index >= 15 is 0 Å². The number of urea groups is 1. The minimum atomic E-state index is -0.411. The second-order valence-corrected chi connectivity index (χ2v) is 12.1. The highest BCUT2D eigenvalue weighted by Crippen LogP contribution is 2.34. The number of H-pyrrole nitrogens is 1. The van der Waals surface area contributed by atoms with Crippen molar-refractivity contribution in [1.29, 1.82) is 0 Å². The number of anilines is 4. The summed E-state index contributed by atoms with van der Waals surface area (Å²) in [5, 5.41) is 23.6. The molecule has 4 heterocycles. The van der Waals surface area contributed by atoms with E-state index in [2.05, 4.69) is 61.9 Å². The maximum absolute atomic E-state index is 13.4. The number of pyridine rings is 1. The van der Waals surface area contributed by atoms with Crippen LogP contribution in [0.2, 0.25) is 0 Å². The van der Waals surface area contributed by atoms with Crippen LogP contribution in [0.1, 0.15) is 32.2 Å². The first-order valence-electron chi connectivity index (χ1n) is 15.0. The Bertz CT molecular complexity index is 2230. The summed E-state index contributed by atoms with van der Waals surface area (Å²) in [5.74, 6) is 1.86. The number of hydrogen-bond donors (Lipinski definition) is 4. The van der Waals surface area contributed by atoms with E-state index in [0.29, 0.717) is 29.1 Å². The molecule has 234 valence electrons. The van der Waals surface area contributed by atoms with E-state index in [4.69, 9.17) is 9.84 Å². The number of aromatic nitrogens is 7. The number of hydrogen-bond acceptors (Lipinski definition) is 8. The van der Waals surface area contributed by atoms with Crippen LogP contribution in [0.3, 0.4) is 0 Å². The molecule has 47 heavy (non-hydrogen) atoms. The quantitative estimate of drug-likeness (QED) is 0.140. The largest absolute Gasteiger partial charge is 0.438 e.